The monoisotopic (exact) mass is 314 g/mol. The third-order valence-corrected chi connectivity index (χ3v) is 4.87. The fourth-order valence-electron chi connectivity index (χ4n) is 1.75. The van der Waals surface area contributed by atoms with E-state index in [1.807, 2.05) is 0 Å². The van der Waals surface area contributed by atoms with Crippen molar-refractivity contribution >= 4 is 15.8 Å². The number of rotatable bonds is 9. The molecule has 0 radical (unpaired) electrons. The Kier molecular flexibility index (Phi) is 7.07. The lowest BCUT2D eigenvalue weighted by Gasteiger charge is -2.20. The van der Waals surface area contributed by atoms with E-state index in [4.69, 9.17) is 0 Å². The summed E-state index contributed by atoms with van der Waals surface area (Å²) in [6, 6.07) is 3.53. The third-order valence-electron chi connectivity index (χ3n) is 3.41. The van der Waals surface area contributed by atoms with Gasteiger partial charge in [0, 0.05) is 31.9 Å². The van der Waals surface area contributed by atoms with Crippen molar-refractivity contribution in [3.8, 4) is 0 Å². The first-order chi connectivity index (χ1) is 9.86. The zero-order valence-corrected chi connectivity index (χ0v) is 14.1. The van der Waals surface area contributed by atoms with Gasteiger partial charge in [-0.2, -0.15) is 0 Å². The van der Waals surface area contributed by atoms with Crippen LogP contribution in [0.4, 0.5) is 5.82 Å². The normalized spacial score (nSPS) is 12.1. The second kappa shape index (κ2) is 8.31. The molecule has 21 heavy (non-hydrogen) atoms. The summed E-state index contributed by atoms with van der Waals surface area (Å²) in [5, 5.41) is 2.83. The molecule has 0 fully saturated rings. The molecule has 1 aromatic heterocycles. The van der Waals surface area contributed by atoms with Crippen molar-refractivity contribution in [1.29, 1.82) is 0 Å². The lowest BCUT2D eigenvalue weighted by Crippen LogP contribution is -2.29. The van der Waals surface area contributed by atoms with E-state index in [2.05, 4.69) is 40.8 Å². The zero-order chi connectivity index (χ0) is 15.9. The van der Waals surface area contributed by atoms with Gasteiger partial charge >= 0.3 is 0 Å². The molecule has 7 heteroatoms. The van der Waals surface area contributed by atoms with E-state index in [1.54, 1.807) is 7.05 Å². The van der Waals surface area contributed by atoms with Crippen LogP contribution in [0, 0.1) is 0 Å². The second-order valence-corrected chi connectivity index (χ2v) is 7.07. The summed E-state index contributed by atoms with van der Waals surface area (Å²) in [7, 11) is 0.327. The van der Waals surface area contributed by atoms with Crippen LogP contribution in [0.25, 0.3) is 0 Å². The van der Waals surface area contributed by atoms with Gasteiger partial charge < -0.3 is 10.2 Å². The van der Waals surface area contributed by atoms with Gasteiger partial charge in [-0.05, 0) is 46.3 Å². The maximum absolute atomic E-state index is 12.1. The maximum atomic E-state index is 12.1. The summed E-state index contributed by atoms with van der Waals surface area (Å²) in [4.78, 5) is 6.49. The van der Waals surface area contributed by atoms with Crippen LogP contribution in [0.1, 0.15) is 26.7 Å². The topological polar surface area (TPSA) is 74.3 Å². The van der Waals surface area contributed by atoms with Crippen LogP contribution in [0.3, 0.4) is 0 Å². The highest BCUT2D eigenvalue weighted by Crippen LogP contribution is 2.12. The molecule has 0 aliphatic heterocycles. The SMILES string of the molecule is CNc1cc(S(=O)(=O)NCCCCN(C)C(C)C)ccn1. The van der Waals surface area contributed by atoms with Gasteiger partial charge in [-0.15, -0.1) is 0 Å². The van der Waals surface area contributed by atoms with Crippen molar-refractivity contribution < 1.29 is 8.42 Å². The Balaban J connectivity index is 2.43. The van der Waals surface area contributed by atoms with E-state index in [9.17, 15) is 8.42 Å². The van der Waals surface area contributed by atoms with Gasteiger partial charge in [0.2, 0.25) is 10.0 Å². The van der Waals surface area contributed by atoms with E-state index in [-0.39, 0.29) is 4.90 Å². The largest absolute Gasteiger partial charge is 0.373 e. The summed E-state index contributed by atoms with van der Waals surface area (Å²) in [6.45, 7) is 5.71. The van der Waals surface area contributed by atoms with Crippen LogP contribution in [0.5, 0.6) is 0 Å². The minimum absolute atomic E-state index is 0.237. The van der Waals surface area contributed by atoms with Gasteiger partial charge in [0.05, 0.1) is 4.90 Å². The van der Waals surface area contributed by atoms with Gasteiger partial charge in [0.25, 0.3) is 0 Å². The van der Waals surface area contributed by atoms with Gasteiger partial charge in [-0.3, -0.25) is 0 Å². The van der Waals surface area contributed by atoms with Crippen molar-refractivity contribution in [2.75, 3.05) is 32.5 Å². The Morgan fingerprint density at radius 2 is 2.05 bits per heavy atom. The lowest BCUT2D eigenvalue weighted by molar-refractivity contribution is 0.268. The molecule has 120 valence electrons. The van der Waals surface area contributed by atoms with E-state index in [0.29, 0.717) is 18.4 Å². The number of aromatic nitrogens is 1. The van der Waals surface area contributed by atoms with Gasteiger partial charge in [0.15, 0.2) is 0 Å². The Hall–Kier alpha value is -1.18. The highest BCUT2D eigenvalue weighted by Gasteiger charge is 2.14. The average molecular weight is 314 g/mol. The van der Waals surface area contributed by atoms with E-state index >= 15 is 0 Å². The molecule has 0 aliphatic carbocycles. The molecule has 0 aliphatic rings. The van der Waals surface area contributed by atoms with Crippen LogP contribution in [-0.4, -0.2) is 51.5 Å². The van der Waals surface area contributed by atoms with E-state index in [0.717, 1.165) is 19.4 Å². The minimum atomic E-state index is -3.45. The number of pyridine rings is 1. The second-order valence-electron chi connectivity index (χ2n) is 5.31. The van der Waals surface area contributed by atoms with Crippen LogP contribution in [0.2, 0.25) is 0 Å². The van der Waals surface area contributed by atoms with Crippen LogP contribution >= 0.6 is 0 Å². The van der Waals surface area contributed by atoms with Gasteiger partial charge in [-0.1, -0.05) is 0 Å². The number of hydrogen-bond donors (Lipinski definition) is 2. The maximum Gasteiger partial charge on any atom is 0.240 e. The first-order valence-corrected chi connectivity index (χ1v) is 8.69. The fourth-order valence-corrected chi connectivity index (χ4v) is 2.84. The summed E-state index contributed by atoms with van der Waals surface area (Å²) in [6.07, 6.45) is 3.27. The van der Waals surface area contributed by atoms with Crippen LogP contribution < -0.4 is 10.0 Å². The number of sulfonamides is 1. The summed E-state index contributed by atoms with van der Waals surface area (Å²) in [5.74, 6) is 0.538. The Bertz CT molecular complexity index is 532. The fraction of sp³-hybridized carbons (Fsp3) is 0.643. The molecule has 0 aromatic carbocycles. The molecule has 0 unspecified atom stereocenters. The average Bonchev–Trinajstić information content (AvgIpc) is 2.46. The van der Waals surface area contributed by atoms with Crippen molar-refractivity contribution in [3.05, 3.63) is 18.3 Å². The van der Waals surface area contributed by atoms with Crippen molar-refractivity contribution in [1.82, 2.24) is 14.6 Å². The van der Waals surface area contributed by atoms with Crippen LogP contribution in [0.15, 0.2) is 23.2 Å². The molecule has 1 heterocycles. The summed E-state index contributed by atoms with van der Waals surface area (Å²) < 4.78 is 26.9. The molecule has 6 nitrogen and oxygen atoms in total. The molecular formula is C14H26N4O2S. The Morgan fingerprint density at radius 3 is 2.67 bits per heavy atom. The number of anilines is 1. The van der Waals surface area contributed by atoms with Crippen molar-refractivity contribution in [3.63, 3.8) is 0 Å². The number of nitrogens with zero attached hydrogens (tertiary/aromatic N) is 2. The molecule has 0 saturated heterocycles. The molecular weight excluding hydrogens is 288 g/mol. The predicted molar refractivity (Wildman–Crippen MR) is 86.0 cm³/mol. The molecule has 0 spiro atoms. The minimum Gasteiger partial charge on any atom is -0.373 e. The zero-order valence-electron chi connectivity index (χ0n) is 13.3. The summed E-state index contributed by atoms with van der Waals surface area (Å²) >= 11 is 0. The molecule has 0 saturated carbocycles. The smallest absolute Gasteiger partial charge is 0.240 e. The first-order valence-electron chi connectivity index (χ1n) is 7.20. The molecule has 1 rings (SSSR count). The quantitative estimate of drug-likeness (QED) is 0.676. The Morgan fingerprint density at radius 1 is 1.33 bits per heavy atom. The van der Waals surface area contributed by atoms with E-state index < -0.39 is 10.0 Å². The molecule has 1 aromatic rings. The third kappa shape index (κ3) is 5.99. The van der Waals surface area contributed by atoms with Crippen molar-refractivity contribution in [2.45, 2.75) is 37.6 Å². The number of nitrogens with one attached hydrogen (secondary N) is 2. The van der Waals surface area contributed by atoms with Crippen molar-refractivity contribution in [2.24, 2.45) is 0 Å². The van der Waals surface area contributed by atoms with Gasteiger partial charge in [-0.25, -0.2) is 18.1 Å². The molecule has 0 bridgehead atoms. The highest BCUT2D eigenvalue weighted by molar-refractivity contribution is 7.89. The molecule has 0 atom stereocenters. The van der Waals surface area contributed by atoms with Crippen LogP contribution in [-0.2, 0) is 10.0 Å². The molecule has 0 amide bonds. The molecule has 2 N–H and O–H groups in total. The standard InChI is InChI=1S/C14H26N4O2S/c1-12(2)18(4)10-6-5-8-17-21(19,20)13-7-9-16-14(11-13)15-3/h7,9,11-12,17H,5-6,8,10H2,1-4H3,(H,15,16). The predicted octanol–water partition coefficient (Wildman–Crippen LogP) is 1.52. The Labute approximate surface area is 128 Å². The number of unbranched alkanes of at least 4 members (excludes halogenated alkanes) is 1. The van der Waals surface area contributed by atoms with E-state index in [1.165, 1.54) is 18.3 Å². The first kappa shape index (κ1) is 17.9. The van der Waals surface area contributed by atoms with Gasteiger partial charge in [0.1, 0.15) is 5.82 Å². The highest BCUT2D eigenvalue weighted by atomic mass is 32.2. The number of hydrogen-bond acceptors (Lipinski definition) is 5. The summed E-state index contributed by atoms with van der Waals surface area (Å²) in [5.41, 5.74) is 0. The lowest BCUT2D eigenvalue weighted by atomic mass is 10.2.